The summed E-state index contributed by atoms with van der Waals surface area (Å²) in [7, 11) is 1.59. The molecular weight excluding hydrogens is 442 g/mol. The van der Waals surface area contributed by atoms with Crippen molar-refractivity contribution in [3.8, 4) is 11.8 Å². The largest absolute Gasteiger partial charge is 0.496 e. The second-order valence-corrected chi connectivity index (χ2v) is 10.9. The summed E-state index contributed by atoms with van der Waals surface area (Å²) in [5.74, 6) is 0.127. The number of nitrogens with one attached hydrogen (secondary N) is 2. The molecule has 0 bridgehead atoms. The fourth-order valence-electron chi connectivity index (χ4n) is 5.42. The van der Waals surface area contributed by atoms with E-state index >= 15 is 0 Å². The molecule has 4 unspecified atom stereocenters. The van der Waals surface area contributed by atoms with Gasteiger partial charge in [-0.3, -0.25) is 14.4 Å². The number of methoxy groups -OCH3 is 1. The molecule has 4 rings (SSSR count). The van der Waals surface area contributed by atoms with Gasteiger partial charge in [-0.2, -0.15) is 5.26 Å². The lowest BCUT2D eigenvalue weighted by Crippen LogP contribution is -2.41. The highest BCUT2D eigenvalue weighted by atomic mass is 16.5. The zero-order chi connectivity index (χ0) is 25.2. The van der Waals surface area contributed by atoms with Crippen molar-refractivity contribution in [2.45, 2.75) is 71.3 Å². The predicted octanol–water partition coefficient (Wildman–Crippen LogP) is 4.96. The molecule has 2 aliphatic carbocycles. The number of H-pyrrole nitrogens is 1. The van der Waals surface area contributed by atoms with Gasteiger partial charge in [0.25, 0.3) is 0 Å². The van der Waals surface area contributed by atoms with E-state index in [1.54, 1.807) is 13.2 Å². The molecular formula is C28H35N3O4. The molecule has 1 amide bonds. The molecule has 35 heavy (non-hydrogen) atoms. The minimum atomic E-state index is -0.725. The summed E-state index contributed by atoms with van der Waals surface area (Å²) >= 11 is 0. The van der Waals surface area contributed by atoms with E-state index < -0.39 is 12.0 Å². The number of benzene rings is 1. The summed E-state index contributed by atoms with van der Waals surface area (Å²) in [6.07, 6.45) is 5.24. The van der Waals surface area contributed by atoms with Gasteiger partial charge in [-0.25, -0.2) is 0 Å². The molecule has 4 atom stereocenters. The van der Waals surface area contributed by atoms with E-state index in [4.69, 9.17) is 4.74 Å². The Bertz CT molecular complexity index is 1160. The van der Waals surface area contributed by atoms with Crippen LogP contribution in [0.5, 0.6) is 5.75 Å². The summed E-state index contributed by atoms with van der Waals surface area (Å²) in [6.45, 7) is 4.34. The first-order chi connectivity index (χ1) is 16.7. The summed E-state index contributed by atoms with van der Waals surface area (Å²) in [5, 5.41) is 13.4. The summed E-state index contributed by atoms with van der Waals surface area (Å²) in [6, 6.07) is 8.80. The fourth-order valence-corrected chi connectivity index (χ4v) is 5.42. The van der Waals surface area contributed by atoms with Crippen LogP contribution in [0, 0.1) is 34.5 Å². The van der Waals surface area contributed by atoms with Crippen LogP contribution in [0.25, 0.3) is 10.9 Å². The van der Waals surface area contributed by atoms with Crippen LogP contribution in [0.1, 0.15) is 75.7 Å². The molecule has 1 aromatic heterocycles. The maximum Gasteiger partial charge on any atom is 0.224 e. The molecule has 1 aromatic carbocycles. The maximum atomic E-state index is 13.3. The van der Waals surface area contributed by atoms with Crippen molar-refractivity contribution in [1.82, 2.24) is 10.3 Å². The van der Waals surface area contributed by atoms with Gasteiger partial charge in [0.05, 0.1) is 18.9 Å². The number of ether oxygens (including phenoxy) is 1. The number of nitriles is 1. The molecule has 7 heteroatoms. The maximum absolute atomic E-state index is 13.3. The number of hydrogen-bond donors (Lipinski definition) is 2. The normalized spacial score (nSPS) is 22.7. The van der Waals surface area contributed by atoms with Crippen molar-refractivity contribution in [2.24, 2.45) is 23.2 Å². The monoisotopic (exact) mass is 477 g/mol. The lowest BCUT2D eigenvalue weighted by atomic mass is 9.83. The fraction of sp³-hybridized carbons (Fsp3) is 0.571. The van der Waals surface area contributed by atoms with E-state index in [1.165, 1.54) is 0 Å². The van der Waals surface area contributed by atoms with E-state index in [0.29, 0.717) is 36.6 Å². The van der Waals surface area contributed by atoms with E-state index in [2.05, 4.69) is 30.2 Å². The highest BCUT2D eigenvalue weighted by Gasteiger charge is 2.47. The highest BCUT2D eigenvalue weighted by molar-refractivity contribution is 6.02. The van der Waals surface area contributed by atoms with Gasteiger partial charge in [-0.1, -0.05) is 26.3 Å². The number of aromatic nitrogens is 1. The number of Topliss-reactive ketones (excluding diaryl/α,β-unsaturated/α-hetero) is 2. The van der Waals surface area contributed by atoms with Gasteiger partial charge in [0.15, 0.2) is 5.78 Å². The Labute approximate surface area is 206 Å². The number of carbonyl (C=O) groups is 3. The molecule has 0 radical (unpaired) electrons. The van der Waals surface area contributed by atoms with Crippen LogP contribution in [0.2, 0.25) is 0 Å². The molecule has 0 spiro atoms. The summed E-state index contributed by atoms with van der Waals surface area (Å²) in [4.78, 5) is 42.0. The number of fused-ring (bicyclic) bond motifs is 1. The third-order valence-electron chi connectivity index (χ3n) is 7.91. The van der Waals surface area contributed by atoms with Crippen molar-refractivity contribution in [3.63, 3.8) is 0 Å². The first-order valence-electron chi connectivity index (χ1n) is 12.6. The van der Waals surface area contributed by atoms with E-state index in [-0.39, 0.29) is 35.2 Å². The Hall–Kier alpha value is -3.14. The van der Waals surface area contributed by atoms with Gasteiger partial charge in [-0.05, 0) is 61.6 Å². The molecule has 2 fully saturated rings. The number of aromatic amines is 1. The van der Waals surface area contributed by atoms with Gasteiger partial charge in [-0.15, -0.1) is 0 Å². The number of amides is 1. The lowest BCUT2D eigenvalue weighted by Gasteiger charge is -2.24. The number of carbonyl (C=O) groups excluding carboxylic acids is 3. The van der Waals surface area contributed by atoms with Crippen molar-refractivity contribution in [3.05, 3.63) is 30.0 Å². The van der Waals surface area contributed by atoms with Gasteiger partial charge < -0.3 is 15.0 Å². The standard InChI is InChI=1S/C28H35N3O4/c1-28(2)15-19(28)11-18(27(34)30-20(16-29)12-17-7-4-5-9-24(17)32)13-25(33)23-14-21-22(31-23)8-6-10-26(21)35-3/h6,8,10,14,17-20,31H,4-5,7,9,11-13,15H2,1-3H3,(H,30,34). The Morgan fingerprint density at radius 3 is 2.71 bits per heavy atom. The SMILES string of the molecule is COc1cccc2[nH]c(C(=O)CC(CC3CC3(C)C)C(=O)NC(C#N)CC3CCCCC3=O)cc12. The van der Waals surface area contributed by atoms with Crippen LogP contribution < -0.4 is 10.1 Å². The van der Waals surface area contributed by atoms with Crippen molar-refractivity contribution >= 4 is 28.4 Å². The minimum absolute atomic E-state index is 0.0636. The highest BCUT2D eigenvalue weighted by Crippen LogP contribution is 2.55. The van der Waals surface area contributed by atoms with Gasteiger partial charge in [0.1, 0.15) is 17.6 Å². The lowest BCUT2D eigenvalue weighted by molar-refractivity contribution is -0.127. The minimum Gasteiger partial charge on any atom is -0.496 e. The van der Waals surface area contributed by atoms with Gasteiger partial charge in [0, 0.05) is 35.6 Å². The van der Waals surface area contributed by atoms with E-state index in [1.807, 2.05) is 18.2 Å². The van der Waals surface area contributed by atoms with E-state index in [9.17, 15) is 19.6 Å². The van der Waals surface area contributed by atoms with Crippen LogP contribution in [0.4, 0.5) is 0 Å². The molecule has 0 aliphatic heterocycles. The third kappa shape index (κ3) is 5.75. The van der Waals surface area contributed by atoms with Crippen LogP contribution in [0.15, 0.2) is 24.3 Å². The molecule has 7 nitrogen and oxygen atoms in total. The number of hydrogen-bond acceptors (Lipinski definition) is 5. The molecule has 2 aliphatic rings. The summed E-state index contributed by atoms with van der Waals surface area (Å²) in [5.41, 5.74) is 1.42. The molecule has 186 valence electrons. The average molecular weight is 478 g/mol. The molecule has 2 aromatic rings. The smallest absolute Gasteiger partial charge is 0.224 e. The number of nitrogens with zero attached hydrogens (tertiary/aromatic N) is 1. The second kappa shape index (κ2) is 10.2. The zero-order valence-electron chi connectivity index (χ0n) is 20.9. The zero-order valence-corrected chi connectivity index (χ0v) is 20.9. The van der Waals surface area contributed by atoms with Crippen molar-refractivity contribution in [2.75, 3.05) is 7.11 Å². The Morgan fingerprint density at radius 1 is 1.29 bits per heavy atom. The predicted molar refractivity (Wildman–Crippen MR) is 133 cm³/mol. The third-order valence-corrected chi connectivity index (χ3v) is 7.91. The van der Waals surface area contributed by atoms with Crippen LogP contribution in [-0.2, 0) is 9.59 Å². The van der Waals surface area contributed by atoms with Crippen LogP contribution in [-0.4, -0.2) is 35.6 Å². The van der Waals surface area contributed by atoms with E-state index in [0.717, 1.165) is 36.6 Å². The first kappa shape index (κ1) is 25.0. The quantitative estimate of drug-likeness (QED) is 0.470. The Kier molecular flexibility index (Phi) is 7.30. The Balaban J connectivity index is 1.47. The van der Waals surface area contributed by atoms with Gasteiger partial charge >= 0.3 is 0 Å². The molecule has 1 heterocycles. The van der Waals surface area contributed by atoms with Crippen molar-refractivity contribution < 1.29 is 19.1 Å². The molecule has 2 N–H and O–H groups in total. The van der Waals surface area contributed by atoms with Crippen molar-refractivity contribution in [1.29, 1.82) is 5.26 Å². The second-order valence-electron chi connectivity index (χ2n) is 10.9. The van der Waals surface area contributed by atoms with Crippen LogP contribution in [0.3, 0.4) is 0 Å². The molecule has 2 saturated carbocycles. The average Bonchev–Trinajstić information content (AvgIpc) is 3.22. The first-order valence-corrected chi connectivity index (χ1v) is 12.6. The number of ketones is 2. The number of rotatable bonds is 10. The Morgan fingerprint density at radius 2 is 2.06 bits per heavy atom. The van der Waals surface area contributed by atoms with Crippen LogP contribution >= 0.6 is 0 Å². The topological polar surface area (TPSA) is 112 Å². The van der Waals surface area contributed by atoms with Gasteiger partial charge in [0.2, 0.25) is 5.91 Å². The summed E-state index contributed by atoms with van der Waals surface area (Å²) < 4.78 is 5.40. The molecule has 0 saturated heterocycles.